The Labute approximate surface area is 137 Å². The van der Waals surface area contributed by atoms with Crippen LogP contribution in [0.3, 0.4) is 0 Å². The first kappa shape index (κ1) is 16.2. The monoisotopic (exact) mass is 315 g/mol. The third-order valence-corrected chi connectivity index (χ3v) is 4.13. The van der Waals surface area contributed by atoms with Gasteiger partial charge >= 0.3 is 0 Å². The summed E-state index contributed by atoms with van der Waals surface area (Å²) >= 11 is 0. The average Bonchev–Trinajstić information content (AvgIpc) is 2.52. The van der Waals surface area contributed by atoms with E-state index in [9.17, 15) is 5.11 Å². The number of hydrogen-bond acceptors (Lipinski definition) is 4. The molecule has 0 amide bonds. The summed E-state index contributed by atoms with van der Waals surface area (Å²) in [4.78, 5) is 2.24. The minimum absolute atomic E-state index is 0.215. The Hall–Kier alpha value is -1.62. The van der Waals surface area contributed by atoms with E-state index in [2.05, 4.69) is 30.9 Å². The maximum Gasteiger partial charge on any atom is 0.120 e. The maximum atomic E-state index is 10.2. The van der Waals surface area contributed by atoms with Gasteiger partial charge in [-0.25, -0.2) is 0 Å². The van der Waals surface area contributed by atoms with Crippen molar-refractivity contribution in [3.8, 4) is 5.75 Å². The molecule has 1 N–H and O–H groups in total. The Morgan fingerprint density at radius 1 is 1.13 bits per heavy atom. The Balaban J connectivity index is 1.52. The molecule has 4 nitrogen and oxygen atoms in total. The Bertz CT molecular complexity index is 635. The van der Waals surface area contributed by atoms with E-state index < -0.39 is 6.10 Å². The van der Waals surface area contributed by atoms with Crippen molar-refractivity contribution >= 4 is 10.8 Å². The van der Waals surface area contributed by atoms with Gasteiger partial charge in [0.25, 0.3) is 0 Å². The molecule has 2 aromatic rings. The molecule has 3 atom stereocenters. The normalized spacial score (nSPS) is 23.8. The number of morpholine rings is 1. The molecule has 0 aromatic heterocycles. The second kappa shape index (κ2) is 7.30. The molecule has 0 radical (unpaired) electrons. The molecule has 1 aliphatic heterocycles. The topological polar surface area (TPSA) is 41.9 Å². The fourth-order valence-electron chi connectivity index (χ4n) is 3.23. The zero-order valence-corrected chi connectivity index (χ0v) is 13.8. The third-order valence-electron chi connectivity index (χ3n) is 4.13. The van der Waals surface area contributed by atoms with Gasteiger partial charge in [-0.2, -0.15) is 0 Å². The largest absolute Gasteiger partial charge is 0.491 e. The van der Waals surface area contributed by atoms with Gasteiger partial charge in [0.1, 0.15) is 18.5 Å². The second-order valence-corrected chi connectivity index (χ2v) is 6.45. The van der Waals surface area contributed by atoms with E-state index in [-0.39, 0.29) is 12.2 Å². The molecule has 2 aromatic carbocycles. The van der Waals surface area contributed by atoms with Crippen LogP contribution in [0.2, 0.25) is 0 Å². The van der Waals surface area contributed by atoms with E-state index in [1.807, 2.05) is 30.3 Å². The number of fused-ring (bicyclic) bond motifs is 1. The number of aliphatic hydroxyl groups excluding tert-OH is 1. The van der Waals surface area contributed by atoms with Crippen LogP contribution in [0.5, 0.6) is 5.75 Å². The fraction of sp³-hybridized carbons (Fsp3) is 0.474. The molecule has 23 heavy (non-hydrogen) atoms. The standard InChI is InChI=1S/C19H25NO3/c1-14-10-20(11-15(2)23-14)12-18(21)13-22-19-8-7-16-5-3-4-6-17(16)9-19/h3-9,14-15,18,21H,10-13H2,1-2H3/t14-,15+,18-/m1/s1. The summed E-state index contributed by atoms with van der Waals surface area (Å²) in [6.45, 7) is 6.78. The van der Waals surface area contributed by atoms with Gasteiger partial charge < -0.3 is 14.6 Å². The number of β-amino-alcohol motifs (C(OH)–C–C–N with tert-alkyl or cyclic N) is 1. The summed E-state index contributed by atoms with van der Waals surface area (Å²) in [5, 5.41) is 12.6. The number of aliphatic hydroxyl groups is 1. The smallest absolute Gasteiger partial charge is 0.120 e. The van der Waals surface area contributed by atoms with Gasteiger partial charge in [-0.15, -0.1) is 0 Å². The molecular weight excluding hydrogens is 290 g/mol. The molecule has 1 saturated heterocycles. The molecule has 0 unspecified atom stereocenters. The Morgan fingerprint density at radius 2 is 1.83 bits per heavy atom. The van der Waals surface area contributed by atoms with Crippen molar-refractivity contribution in [2.24, 2.45) is 0 Å². The van der Waals surface area contributed by atoms with E-state index in [1.54, 1.807) is 0 Å². The molecular formula is C19H25NO3. The van der Waals surface area contributed by atoms with Crippen LogP contribution in [-0.2, 0) is 4.74 Å². The van der Waals surface area contributed by atoms with Crippen LogP contribution in [0.4, 0.5) is 0 Å². The fourth-order valence-corrected chi connectivity index (χ4v) is 3.23. The quantitative estimate of drug-likeness (QED) is 0.921. The molecule has 124 valence electrons. The predicted molar refractivity (Wildman–Crippen MR) is 91.9 cm³/mol. The van der Waals surface area contributed by atoms with Gasteiger partial charge in [-0.05, 0) is 36.8 Å². The van der Waals surface area contributed by atoms with E-state index >= 15 is 0 Å². The maximum absolute atomic E-state index is 10.2. The predicted octanol–water partition coefficient (Wildman–Crippen LogP) is 2.69. The first-order valence-corrected chi connectivity index (χ1v) is 8.27. The van der Waals surface area contributed by atoms with Crippen molar-refractivity contribution in [3.63, 3.8) is 0 Å². The Morgan fingerprint density at radius 3 is 2.57 bits per heavy atom. The van der Waals surface area contributed by atoms with Crippen molar-refractivity contribution in [1.82, 2.24) is 4.90 Å². The Kier molecular flexibility index (Phi) is 5.16. The van der Waals surface area contributed by atoms with Crippen LogP contribution >= 0.6 is 0 Å². The highest BCUT2D eigenvalue weighted by molar-refractivity contribution is 5.83. The summed E-state index contributed by atoms with van der Waals surface area (Å²) in [7, 11) is 0. The van der Waals surface area contributed by atoms with Gasteiger partial charge in [0.15, 0.2) is 0 Å². The average molecular weight is 315 g/mol. The van der Waals surface area contributed by atoms with E-state index in [0.717, 1.165) is 24.2 Å². The van der Waals surface area contributed by atoms with Crippen LogP contribution in [0.1, 0.15) is 13.8 Å². The van der Waals surface area contributed by atoms with Crippen LogP contribution in [0, 0.1) is 0 Å². The van der Waals surface area contributed by atoms with Crippen LogP contribution in [0.25, 0.3) is 10.8 Å². The highest BCUT2D eigenvalue weighted by Gasteiger charge is 2.23. The van der Waals surface area contributed by atoms with Crippen molar-refractivity contribution in [1.29, 1.82) is 0 Å². The van der Waals surface area contributed by atoms with Gasteiger partial charge in [-0.1, -0.05) is 30.3 Å². The number of ether oxygens (including phenoxy) is 2. The number of benzene rings is 2. The minimum Gasteiger partial charge on any atom is -0.491 e. The molecule has 4 heteroatoms. The molecule has 1 fully saturated rings. The number of rotatable bonds is 5. The van der Waals surface area contributed by atoms with Crippen LogP contribution < -0.4 is 4.74 Å². The SMILES string of the molecule is C[C@@H]1CN(C[C@@H](O)COc2ccc3ccccc3c2)C[C@H](C)O1. The minimum atomic E-state index is -0.501. The lowest BCUT2D eigenvalue weighted by Crippen LogP contribution is -2.48. The molecule has 0 spiro atoms. The molecule has 1 heterocycles. The molecule has 1 aliphatic rings. The number of nitrogens with zero attached hydrogens (tertiary/aromatic N) is 1. The summed E-state index contributed by atoms with van der Waals surface area (Å²) in [5.41, 5.74) is 0. The van der Waals surface area contributed by atoms with E-state index in [4.69, 9.17) is 9.47 Å². The first-order valence-electron chi connectivity index (χ1n) is 8.27. The van der Waals surface area contributed by atoms with Crippen molar-refractivity contribution in [2.75, 3.05) is 26.2 Å². The van der Waals surface area contributed by atoms with E-state index in [0.29, 0.717) is 13.2 Å². The lowest BCUT2D eigenvalue weighted by molar-refractivity contribution is -0.0786. The summed E-state index contributed by atoms with van der Waals surface area (Å²) in [5.74, 6) is 0.798. The summed E-state index contributed by atoms with van der Waals surface area (Å²) in [6, 6.07) is 14.2. The first-order chi connectivity index (χ1) is 11.1. The summed E-state index contributed by atoms with van der Waals surface area (Å²) in [6.07, 6.45) is -0.0707. The molecule has 0 saturated carbocycles. The highest BCUT2D eigenvalue weighted by Crippen LogP contribution is 2.20. The van der Waals surface area contributed by atoms with Gasteiger partial charge in [0, 0.05) is 19.6 Å². The van der Waals surface area contributed by atoms with Crippen LogP contribution in [-0.4, -0.2) is 54.6 Å². The zero-order chi connectivity index (χ0) is 16.2. The molecule has 3 rings (SSSR count). The molecule has 0 aliphatic carbocycles. The zero-order valence-electron chi connectivity index (χ0n) is 13.8. The third kappa shape index (κ3) is 4.44. The summed E-state index contributed by atoms with van der Waals surface area (Å²) < 4.78 is 11.5. The second-order valence-electron chi connectivity index (χ2n) is 6.45. The van der Waals surface area contributed by atoms with Crippen molar-refractivity contribution < 1.29 is 14.6 Å². The highest BCUT2D eigenvalue weighted by atomic mass is 16.5. The van der Waals surface area contributed by atoms with E-state index in [1.165, 1.54) is 5.39 Å². The lowest BCUT2D eigenvalue weighted by atomic mass is 10.1. The van der Waals surface area contributed by atoms with Gasteiger partial charge in [0.2, 0.25) is 0 Å². The van der Waals surface area contributed by atoms with Crippen molar-refractivity contribution in [2.45, 2.75) is 32.2 Å². The molecule has 0 bridgehead atoms. The van der Waals surface area contributed by atoms with Gasteiger partial charge in [-0.3, -0.25) is 4.90 Å². The van der Waals surface area contributed by atoms with Crippen LogP contribution in [0.15, 0.2) is 42.5 Å². The van der Waals surface area contributed by atoms with Gasteiger partial charge in [0.05, 0.1) is 12.2 Å². The van der Waals surface area contributed by atoms with Crippen molar-refractivity contribution in [3.05, 3.63) is 42.5 Å². The lowest BCUT2D eigenvalue weighted by Gasteiger charge is -2.36. The number of hydrogen-bond donors (Lipinski definition) is 1.